The van der Waals surface area contributed by atoms with E-state index in [1.54, 1.807) is 6.92 Å². The van der Waals surface area contributed by atoms with Gasteiger partial charge in [-0.3, -0.25) is 9.59 Å². The molecule has 156 valence electrons. The second-order valence-electron chi connectivity index (χ2n) is 6.88. The summed E-state index contributed by atoms with van der Waals surface area (Å²) >= 11 is 0. The van der Waals surface area contributed by atoms with Crippen molar-refractivity contribution in [2.24, 2.45) is 0 Å². The second-order valence-corrected chi connectivity index (χ2v) is 6.88. The first-order chi connectivity index (χ1) is 13.7. The van der Waals surface area contributed by atoms with Crippen molar-refractivity contribution in [3.05, 3.63) is 48.0 Å². The van der Waals surface area contributed by atoms with Gasteiger partial charge in [-0.05, 0) is 38.0 Å². The van der Waals surface area contributed by atoms with Crippen molar-refractivity contribution in [2.45, 2.75) is 38.0 Å². The quantitative estimate of drug-likeness (QED) is 0.791. The molecule has 0 aliphatic carbocycles. The molecule has 7 nitrogen and oxygen atoms in total. The van der Waals surface area contributed by atoms with Gasteiger partial charge < -0.3 is 20.0 Å². The highest BCUT2D eigenvalue weighted by Crippen LogP contribution is 2.29. The van der Waals surface area contributed by atoms with Gasteiger partial charge in [0.25, 0.3) is 5.91 Å². The summed E-state index contributed by atoms with van der Waals surface area (Å²) in [7, 11) is 0. The largest absolute Gasteiger partial charge is 0.472 e. The Kier molecular flexibility index (Phi) is 6.09. The lowest BCUT2D eigenvalue weighted by molar-refractivity contribution is -0.137. The number of carbonyl (C=O) groups is 2. The van der Waals surface area contributed by atoms with Gasteiger partial charge in [-0.25, -0.2) is 4.98 Å². The lowest BCUT2D eigenvalue weighted by Gasteiger charge is -2.33. The fourth-order valence-corrected chi connectivity index (χ4v) is 3.06. The number of amides is 2. The summed E-state index contributed by atoms with van der Waals surface area (Å²) in [5.41, 5.74) is -0.447. The third kappa shape index (κ3) is 5.27. The van der Waals surface area contributed by atoms with Crippen molar-refractivity contribution < 1.29 is 27.2 Å². The van der Waals surface area contributed by atoms with Gasteiger partial charge in [-0.2, -0.15) is 13.2 Å². The fourth-order valence-electron chi connectivity index (χ4n) is 3.06. The topological polar surface area (TPSA) is 87.5 Å². The number of hydrogen-bond acceptors (Lipinski definition) is 5. The maximum atomic E-state index is 12.6. The zero-order valence-electron chi connectivity index (χ0n) is 15.7. The smallest absolute Gasteiger partial charge is 0.417 e. The SMILES string of the molecule is C[C@@H](NC(=O)c1ccoc1)C(=O)NC1CCN(c2ccc(C(F)(F)F)cn2)CC1. The molecule has 0 radical (unpaired) electrons. The number of alkyl halides is 3. The van der Waals surface area contributed by atoms with E-state index in [-0.39, 0.29) is 11.9 Å². The molecule has 0 saturated carbocycles. The maximum absolute atomic E-state index is 12.6. The lowest BCUT2D eigenvalue weighted by atomic mass is 10.0. The Labute approximate surface area is 165 Å². The van der Waals surface area contributed by atoms with Crippen LogP contribution < -0.4 is 15.5 Å². The molecule has 29 heavy (non-hydrogen) atoms. The van der Waals surface area contributed by atoms with Crippen LogP contribution in [-0.4, -0.2) is 42.0 Å². The number of furan rings is 1. The number of nitrogens with zero attached hydrogens (tertiary/aromatic N) is 2. The number of rotatable bonds is 5. The van der Waals surface area contributed by atoms with E-state index in [4.69, 9.17) is 4.42 Å². The summed E-state index contributed by atoms with van der Waals surface area (Å²) in [5, 5.41) is 5.50. The third-order valence-electron chi connectivity index (χ3n) is 4.76. The highest BCUT2D eigenvalue weighted by Gasteiger charge is 2.31. The predicted molar refractivity (Wildman–Crippen MR) is 98.3 cm³/mol. The molecule has 1 atom stereocenters. The van der Waals surface area contributed by atoms with Crippen molar-refractivity contribution in [1.82, 2.24) is 15.6 Å². The molecule has 0 aromatic carbocycles. The molecule has 3 heterocycles. The second kappa shape index (κ2) is 8.54. The van der Waals surface area contributed by atoms with Gasteiger partial charge in [0.2, 0.25) is 5.91 Å². The summed E-state index contributed by atoms with van der Waals surface area (Å²) in [4.78, 5) is 30.1. The standard InChI is InChI=1S/C19H21F3N4O3/c1-12(24-18(28)13-6-9-29-11-13)17(27)25-15-4-7-26(8-5-15)16-3-2-14(10-23-16)19(20,21)22/h2-3,6,9-12,15H,4-5,7-8H2,1H3,(H,24,28)(H,25,27)/t12-/m1/s1. The summed E-state index contributed by atoms with van der Waals surface area (Å²) in [5.74, 6) is -0.221. The minimum absolute atomic E-state index is 0.0820. The summed E-state index contributed by atoms with van der Waals surface area (Å²) < 4.78 is 42.7. The number of hydrogen-bond donors (Lipinski definition) is 2. The number of carbonyl (C=O) groups excluding carboxylic acids is 2. The van der Waals surface area contributed by atoms with Gasteiger partial charge in [-0.15, -0.1) is 0 Å². The monoisotopic (exact) mass is 410 g/mol. The Morgan fingerprint density at radius 1 is 1.24 bits per heavy atom. The van der Waals surface area contributed by atoms with Crippen LogP contribution in [0.2, 0.25) is 0 Å². The van der Waals surface area contributed by atoms with Crippen LogP contribution in [0.25, 0.3) is 0 Å². The first kappa shape index (κ1) is 20.7. The lowest BCUT2D eigenvalue weighted by Crippen LogP contribution is -2.51. The van der Waals surface area contributed by atoms with Crippen molar-refractivity contribution in [2.75, 3.05) is 18.0 Å². The van der Waals surface area contributed by atoms with Crippen LogP contribution in [0.4, 0.5) is 19.0 Å². The van der Waals surface area contributed by atoms with Crippen molar-refractivity contribution in [1.29, 1.82) is 0 Å². The molecule has 0 unspecified atom stereocenters. The molecule has 2 aromatic heterocycles. The minimum atomic E-state index is -4.41. The van der Waals surface area contributed by atoms with E-state index in [9.17, 15) is 22.8 Å². The predicted octanol–water partition coefficient (Wildman–Crippen LogP) is 2.60. The first-order valence-electron chi connectivity index (χ1n) is 9.15. The zero-order chi connectivity index (χ0) is 21.0. The molecule has 1 saturated heterocycles. The van der Waals surface area contributed by atoms with E-state index < -0.39 is 23.7 Å². The molecule has 1 fully saturated rings. The van der Waals surface area contributed by atoms with Crippen LogP contribution in [0, 0.1) is 0 Å². The first-order valence-corrected chi connectivity index (χ1v) is 9.15. The minimum Gasteiger partial charge on any atom is -0.472 e. The van der Waals surface area contributed by atoms with Gasteiger partial charge in [0, 0.05) is 25.3 Å². The zero-order valence-corrected chi connectivity index (χ0v) is 15.7. The Hall–Kier alpha value is -3.04. The molecule has 2 N–H and O–H groups in total. The van der Waals surface area contributed by atoms with Crippen molar-refractivity contribution >= 4 is 17.6 Å². The van der Waals surface area contributed by atoms with E-state index in [2.05, 4.69) is 15.6 Å². The fraction of sp³-hybridized carbons (Fsp3) is 0.421. The van der Waals surface area contributed by atoms with Gasteiger partial charge in [-0.1, -0.05) is 0 Å². The van der Waals surface area contributed by atoms with Crippen LogP contribution in [0.1, 0.15) is 35.7 Å². The Morgan fingerprint density at radius 3 is 2.52 bits per heavy atom. The number of anilines is 1. The number of halogens is 3. The average Bonchev–Trinajstić information content (AvgIpc) is 3.23. The Morgan fingerprint density at radius 2 is 1.97 bits per heavy atom. The normalized spacial score (nSPS) is 16.3. The third-order valence-corrected chi connectivity index (χ3v) is 4.76. The Balaban J connectivity index is 1.46. The van der Waals surface area contributed by atoms with Crippen molar-refractivity contribution in [3.8, 4) is 0 Å². The van der Waals surface area contributed by atoms with Crippen LogP contribution in [0.5, 0.6) is 0 Å². The summed E-state index contributed by atoms with van der Waals surface area (Å²) in [6.07, 6.45) is 0.331. The van der Waals surface area contributed by atoms with Gasteiger partial charge in [0.05, 0.1) is 17.4 Å². The van der Waals surface area contributed by atoms with E-state index in [1.807, 2.05) is 4.90 Å². The van der Waals surface area contributed by atoms with Gasteiger partial charge in [0.1, 0.15) is 18.1 Å². The number of aromatic nitrogens is 1. The molecule has 0 spiro atoms. The number of pyridine rings is 1. The molecule has 0 bridgehead atoms. The van der Waals surface area contributed by atoms with Crippen LogP contribution in [0.3, 0.4) is 0 Å². The van der Waals surface area contributed by atoms with Crippen molar-refractivity contribution in [3.63, 3.8) is 0 Å². The highest BCUT2D eigenvalue weighted by molar-refractivity contribution is 5.97. The summed E-state index contributed by atoms with van der Waals surface area (Å²) in [6.45, 7) is 2.70. The number of nitrogens with one attached hydrogen (secondary N) is 2. The molecular formula is C19H21F3N4O3. The molecule has 2 amide bonds. The molecular weight excluding hydrogens is 389 g/mol. The van der Waals surface area contributed by atoms with Gasteiger partial charge in [0.15, 0.2) is 0 Å². The van der Waals surface area contributed by atoms with E-state index >= 15 is 0 Å². The van der Waals surface area contributed by atoms with Crippen LogP contribution in [-0.2, 0) is 11.0 Å². The summed E-state index contributed by atoms with van der Waals surface area (Å²) in [6, 6.07) is 3.08. The maximum Gasteiger partial charge on any atom is 0.417 e. The van der Waals surface area contributed by atoms with E-state index in [0.29, 0.717) is 37.3 Å². The highest BCUT2D eigenvalue weighted by atomic mass is 19.4. The molecule has 1 aliphatic rings. The van der Waals surface area contributed by atoms with Crippen LogP contribution in [0.15, 0.2) is 41.3 Å². The van der Waals surface area contributed by atoms with E-state index in [0.717, 1.165) is 12.3 Å². The Bertz CT molecular complexity index is 829. The molecule has 10 heteroatoms. The number of piperidine rings is 1. The van der Waals surface area contributed by atoms with Gasteiger partial charge >= 0.3 is 6.18 Å². The van der Waals surface area contributed by atoms with E-state index in [1.165, 1.54) is 24.7 Å². The average molecular weight is 410 g/mol. The molecule has 3 rings (SSSR count). The van der Waals surface area contributed by atoms with Crippen LogP contribution >= 0.6 is 0 Å². The molecule has 1 aliphatic heterocycles. The molecule has 2 aromatic rings.